The number of anilines is 2. The van der Waals surface area contributed by atoms with E-state index in [4.69, 9.17) is 0 Å². The number of hydrogen-bond acceptors (Lipinski definition) is 10. The highest BCUT2D eigenvalue weighted by Crippen LogP contribution is 2.35. The van der Waals surface area contributed by atoms with Gasteiger partial charge in [0.05, 0.1) is 28.8 Å². The molecule has 2 fully saturated rings. The Labute approximate surface area is 327 Å². The smallest absolute Gasteiger partial charge is 0.264 e. The quantitative estimate of drug-likeness (QED) is 0.0841. The van der Waals surface area contributed by atoms with E-state index >= 15 is 0 Å². The summed E-state index contributed by atoms with van der Waals surface area (Å²) >= 11 is 0. The van der Waals surface area contributed by atoms with Crippen LogP contribution in [0.1, 0.15) is 72.9 Å². The molecule has 298 valence electrons. The van der Waals surface area contributed by atoms with Crippen LogP contribution in [0.2, 0.25) is 0 Å². The van der Waals surface area contributed by atoms with E-state index in [-0.39, 0.29) is 48.2 Å². The summed E-state index contributed by atoms with van der Waals surface area (Å²) in [4.78, 5) is 97.2. The van der Waals surface area contributed by atoms with Gasteiger partial charge in [-0.1, -0.05) is 6.07 Å². The number of nitrogens with zero attached hydrogens (tertiary/aromatic N) is 3. The topological polar surface area (TPSA) is 205 Å². The zero-order valence-electron chi connectivity index (χ0n) is 31.7. The van der Waals surface area contributed by atoms with E-state index in [1.807, 2.05) is 0 Å². The summed E-state index contributed by atoms with van der Waals surface area (Å²) in [5, 5.41) is 14.0. The molecular formula is C40H44FN9O7. The Morgan fingerprint density at radius 2 is 1.67 bits per heavy atom. The standard InChI is InChI=1S/C40H44FN9O7/c1-22-30(20-27-26-19-24(41)7-8-28(26)46-36(27)53)45-23(2)34(22)38(55)44-13-14-48-15-17-49(18-16-48)21-33(52)43-12-4-11-42-29-6-3-5-25-35(29)40(57)50(39(25)56)31-9-10-32(51)47-37(31)54/h3,5-8,19-20,31,42,45H,4,9-18,21H2,1-2H3,(H,43,52)(H,44,55)(H,46,53)(H,47,51,54)/b27-20-. The van der Waals surface area contributed by atoms with E-state index in [2.05, 4.69) is 41.4 Å². The first-order valence-corrected chi connectivity index (χ1v) is 19.0. The molecule has 7 rings (SSSR count). The summed E-state index contributed by atoms with van der Waals surface area (Å²) in [6, 6.07) is 7.97. The second-order valence-corrected chi connectivity index (χ2v) is 14.5. The van der Waals surface area contributed by atoms with Gasteiger partial charge in [-0.2, -0.15) is 0 Å². The third-order valence-corrected chi connectivity index (χ3v) is 10.8. The molecule has 7 amide bonds. The minimum absolute atomic E-state index is 0.0449. The number of piperidine rings is 1. The first-order chi connectivity index (χ1) is 27.4. The van der Waals surface area contributed by atoms with E-state index < -0.39 is 35.5 Å². The van der Waals surface area contributed by atoms with Crippen molar-refractivity contribution in [1.82, 2.24) is 35.6 Å². The average Bonchev–Trinajstić information content (AvgIpc) is 3.74. The number of aromatic amines is 1. The van der Waals surface area contributed by atoms with Crippen LogP contribution in [-0.2, 0) is 19.2 Å². The van der Waals surface area contributed by atoms with Crippen LogP contribution in [-0.4, -0.2) is 126 Å². The zero-order valence-corrected chi connectivity index (χ0v) is 31.7. The predicted molar refractivity (Wildman–Crippen MR) is 208 cm³/mol. The molecule has 4 aliphatic heterocycles. The molecule has 2 saturated heterocycles. The van der Waals surface area contributed by atoms with Gasteiger partial charge >= 0.3 is 0 Å². The number of aryl methyl sites for hydroxylation is 1. The van der Waals surface area contributed by atoms with Crippen molar-refractivity contribution in [2.45, 2.75) is 39.2 Å². The maximum atomic E-state index is 13.9. The summed E-state index contributed by atoms with van der Waals surface area (Å²) in [6.07, 6.45) is 2.33. The van der Waals surface area contributed by atoms with Crippen LogP contribution in [0, 0.1) is 19.7 Å². The van der Waals surface area contributed by atoms with Crippen molar-refractivity contribution in [2.75, 3.05) is 69.5 Å². The highest BCUT2D eigenvalue weighted by molar-refractivity contribution is 6.35. The maximum absolute atomic E-state index is 13.9. The fraction of sp³-hybridized carbons (Fsp3) is 0.375. The lowest BCUT2D eigenvalue weighted by atomic mass is 10.0. The number of carbonyl (C=O) groups excluding carboxylic acids is 7. The number of fused-ring (bicyclic) bond motifs is 2. The molecule has 0 radical (unpaired) electrons. The third-order valence-electron chi connectivity index (χ3n) is 10.8. The SMILES string of the molecule is Cc1[nH]c(/C=C2\C(=O)Nc3ccc(F)cc32)c(C)c1C(=O)NCCN1CCN(CC(=O)NCCCNc2cccc3c2C(=O)N(C2CCC(=O)NC2=O)C3=O)CC1. The maximum Gasteiger partial charge on any atom is 0.264 e. The molecular weight excluding hydrogens is 737 g/mol. The number of piperazine rings is 1. The van der Waals surface area contributed by atoms with Crippen molar-refractivity contribution >= 4 is 64.4 Å². The number of benzene rings is 2. The largest absolute Gasteiger partial charge is 0.384 e. The van der Waals surface area contributed by atoms with Crippen LogP contribution in [0.25, 0.3) is 11.6 Å². The minimum atomic E-state index is -1.04. The molecule has 0 saturated carbocycles. The van der Waals surface area contributed by atoms with E-state index in [1.165, 1.54) is 18.2 Å². The summed E-state index contributed by atoms with van der Waals surface area (Å²) in [6.45, 7) is 8.60. The fourth-order valence-electron chi connectivity index (χ4n) is 7.75. The summed E-state index contributed by atoms with van der Waals surface area (Å²) in [7, 11) is 0. The van der Waals surface area contributed by atoms with Crippen molar-refractivity contribution in [3.63, 3.8) is 0 Å². The van der Waals surface area contributed by atoms with Gasteiger partial charge in [0.15, 0.2) is 0 Å². The Morgan fingerprint density at radius 3 is 2.44 bits per heavy atom. The molecule has 1 atom stereocenters. The van der Waals surface area contributed by atoms with Crippen molar-refractivity contribution in [2.24, 2.45) is 0 Å². The van der Waals surface area contributed by atoms with Crippen molar-refractivity contribution in [3.8, 4) is 0 Å². The van der Waals surface area contributed by atoms with Crippen LogP contribution in [0.15, 0.2) is 36.4 Å². The molecule has 5 heterocycles. The van der Waals surface area contributed by atoms with Gasteiger partial charge in [0.25, 0.3) is 23.6 Å². The van der Waals surface area contributed by atoms with Crippen molar-refractivity contribution in [3.05, 3.63) is 81.4 Å². The first-order valence-electron chi connectivity index (χ1n) is 19.0. The monoisotopic (exact) mass is 781 g/mol. The molecule has 0 bridgehead atoms. The Balaban J connectivity index is 0.802. The van der Waals surface area contributed by atoms with Crippen LogP contribution in [0.4, 0.5) is 15.8 Å². The van der Waals surface area contributed by atoms with Gasteiger partial charge in [-0.3, -0.25) is 53.6 Å². The zero-order chi connectivity index (χ0) is 40.4. The second kappa shape index (κ2) is 16.5. The van der Waals surface area contributed by atoms with Crippen molar-refractivity contribution in [1.29, 1.82) is 0 Å². The molecule has 0 spiro atoms. The molecule has 6 N–H and O–H groups in total. The highest BCUT2D eigenvalue weighted by atomic mass is 19.1. The Morgan fingerprint density at radius 1 is 0.895 bits per heavy atom. The lowest BCUT2D eigenvalue weighted by molar-refractivity contribution is -0.136. The number of aromatic nitrogens is 1. The second-order valence-electron chi connectivity index (χ2n) is 14.5. The van der Waals surface area contributed by atoms with E-state index in [9.17, 15) is 38.0 Å². The van der Waals surface area contributed by atoms with Gasteiger partial charge in [-0.15, -0.1) is 0 Å². The van der Waals surface area contributed by atoms with E-state index in [0.717, 1.165) is 18.0 Å². The number of nitrogens with one attached hydrogen (secondary N) is 6. The van der Waals surface area contributed by atoms with Gasteiger partial charge in [-0.25, -0.2) is 4.39 Å². The molecule has 1 unspecified atom stereocenters. The van der Waals surface area contributed by atoms with Gasteiger partial charge in [0.1, 0.15) is 11.9 Å². The Kier molecular flexibility index (Phi) is 11.3. The summed E-state index contributed by atoms with van der Waals surface area (Å²) < 4.78 is 13.9. The summed E-state index contributed by atoms with van der Waals surface area (Å²) in [5.74, 6) is -3.36. The average molecular weight is 782 g/mol. The van der Waals surface area contributed by atoms with E-state index in [0.29, 0.717) is 90.7 Å². The first kappa shape index (κ1) is 39.1. The predicted octanol–water partition coefficient (Wildman–Crippen LogP) is 1.63. The molecule has 16 nitrogen and oxygen atoms in total. The number of imide groups is 2. The number of carbonyl (C=O) groups is 7. The highest BCUT2D eigenvalue weighted by Gasteiger charge is 2.45. The molecule has 17 heteroatoms. The number of halogens is 1. The van der Waals surface area contributed by atoms with Gasteiger partial charge in [-0.05, 0) is 68.7 Å². The molecule has 0 aliphatic carbocycles. The molecule has 4 aliphatic rings. The number of H-pyrrole nitrogens is 1. The van der Waals surface area contributed by atoms with Crippen LogP contribution >= 0.6 is 0 Å². The number of amides is 7. The van der Waals surface area contributed by atoms with Gasteiger partial charge < -0.3 is 26.3 Å². The normalized spacial score (nSPS) is 19.1. The van der Waals surface area contributed by atoms with Crippen LogP contribution in [0.3, 0.4) is 0 Å². The lowest BCUT2D eigenvalue weighted by Gasteiger charge is -2.34. The van der Waals surface area contributed by atoms with Gasteiger partial charge in [0.2, 0.25) is 17.7 Å². The van der Waals surface area contributed by atoms with Crippen LogP contribution in [0.5, 0.6) is 0 Å². The number of hydrogen-bond donors (Lipinski definition) is 6. The Hall–Kier alpha value is -6.20. The molecule has 3 aromatic rings. The lowest BCUT2D eigenvalue weighted by Crippen LogP contribution is -2.54. The summed E-state index contributed by atoms with van der Waals surface area (Å²) in [5.41, 5.74) is 4.63. The fourth-order valence-corrected chi connectivity index (χ4v) is 7.75. The van der Waals surface area contributed by atoms with Crippen molar-refractivity contribution < 1.29 is 38.0 Å². The Bertz CT molecular complexity index is 2210. The van der Waals surface area contributed by atoms with Gasteiger partial charge in [0, 0.05) is 87.1 Å². The van der Waals surface area contributed by atoms with Crippen LogP contribution < -0.4 is 26.6 Å². The number of rotatable bonds is 13. The molecule has 1 aromatic heterocycles. The molecule has 2 aromatic carbocycles. The molecule has 57 heavy (non-hydrogen) atoms. The van der Waals surface area contributed by atoms with E-state index in [1.54, 1.807) is 38.1 Å². The minimum Gasteiger partial charge on any atom is -0.384 e. The third kappa shape index (κ3) is 8.20.